The van der Waals surface area contributed by atoms with Gasteiger partial charge in [-0.1, -0.05) is 0 Å². The van der Waals surface area contributed by atoms with Crippen LogP contribution in [0.5, 0.6) is 6.01 Å². The van der Waals surface area contributed by atoms with Crippen molar-refractivity contribution in [2.75, 3.05) is 26.9 Å². The van der Waals surface area contributed by atoms with E-state index in [1.807, 2.05) is 6.20 Å². The van der Waals surface area contributed by atoms with Gasteiger partial charge in [0.1, 0.15) is 0 Å². The standard InChI is InChI=1S/C13H18N4O2/c1-18-12-16-7-10-11(17-12)9(6-15-10)13(8-14)2-4-19-5-3-13/h6-7,15H,2-5,8,14H2,1H3. The van der Waals surface area contributed by atoms with Crippen LogP contribution in [0.2, 0.25) is 0 Å². The zero-order valence-electron chi connectivity index (χ0n) is 11.0. The van der Waals surface area contributed by atoms with Gasteiger partial charge in [0.25, 0.3) is 0 Å². The molecule has 1 saturated heterocycles. The molecule has 0 bridgehead atoms. The molecule has 1 aliphatic heterocycles. The summed E-state index contributed by atoms with van der Waals surface area (Å²) < 4.78 is 10.6. The van der Waals surface area contributed by atoms with Crippen molar-refractivity contribution in [2.24, 2.45) is 5.73 Å². The largest absolute Gasteiger partial charge is 0.467 e. The Morgan fingerprint density at radius 3 is 2.95 bits per heavy atom. The molecule has 3 N–H and O–H groups in total. The summed E-state index contributed by atoms with van der Waals surface area (Å²) in [7, 11) is 1.57. The number of ether oxygens (including phenoxy) is 2. The third kappa shape index (κ3) is 1.97. The predicted octanol–water partition coefficient (Wildman–Crippen LogP) is 0.973. The Hall–Kier alpha value is -1.66. The smallest absolute Gasteiger partial charge is 0.316 e. The van der Waals surface area contributed by atoms with E-state index < -0.39 is 0 Å². The lowest BCUT2D eigenvalue weighted by Crippen LogP contribution is -2.40. The highest BCUT2D eigenvalue weighted by Gasteiger charge is 2.35. The molecule has 2 aromatic rings. The normalized spacial score (nSPS) is 18.6. The number of nitrogens with one attached hydrogen (secondary N) is 1. The van der Waals surface area contributed by atoms with Crippen LogP contribution in [0.4, 0.5) is 0 Å². The van der Waals surface area contributed by atoms with Crippen molar-refractivity contribution in [3.63, 3.8) is 0 Å². The predicted molar refractivity (Wildman–Crippen MR) is 71.2 cm³/mol. The van der Waals surface area contributed by atoms with Crippen molar-refractivity contribution in [1.82, 2.24) is 15.0 Å². The molecule has 2 aromatic heterocycles. The summed E-state index contributed by atoms with van der Waals surface area (Å²) >= 11 is 0. The van der Waals surface area contributed by atoms with E-state index in [9.17, 15) is 0 Å². The number of hydrogen-bond acceptors (Lipinski definition) is 5. The molecular weight excluding hydrogens is 244 g/mol. The van der Waals surface area contributed by atoms with Crippen LogP contribution < -0.4 is 10.5 Å². The van der Waals surface area contributed by atoms with E-state index in [-0.39, 0.29) is 5.41 Å². The van der Waals surface area contributed by atoms with E-state index in [0.29, 0.717) is 12.6 Å². The van der Waals surface area contributed by atoms with Crippen LogP contribution >= 0.6 is 0 Å². The van der Waals surface area contributed by atoms with Gasteiger partial charge in [0.05, 0.1) is 24.3 Å². The Morgan fingerprint density at radius 2 is 2.26 bits per heavy atom. The quantitative estimate of drug-likeness (QED) is 0.861. The van der Waals surface area contributed by atoms with E-state index in [2.05, 4.69) is 15.0 Å². The maximum atomic E-state index is 6.05. The summed E-state index contributed by atoms with van der Waals surface area (Å²) in [5.74, 6) is 0. The summed E-state index contributed by atoms with van der Waals surface area (Å²) in [6.45, 7) is 2.08. The fourth-order valence-electron chi connectivity index (χ4n) is 2.74. The number of methoxy groups -OCH3 is 1. The van der Waals surface area contributed by atoms with Crippen LogP contribution in [0.25, 0.3) is 11.0 Å². The van der Waals surface area contributed by atoms with Crippen LogP contribution in [0.15, 0.2) is 12.4 Å². The molecule has 0 unspecified atom stereocenters. The molecule has 6 heteroatoms. The van der Waals surface area contributed by atoms with E-state index in [0.717, 1.165) is 42.7 Å². The first kappa shape index (κ1) is 12.4. The van der Waals surface area contributed by atoms with Gasteiger partial charge in [-0.05, 0) is 12.8 Å². The molecule has 0 radical (unpaired) electrons. The lowest BCUT2D eigenvalue weighted by atomic mass is 9.75. The lowest BCUT2D eigenvalue weighted by Gasteiger charge is -2.35. The second-order valence-corrected chi connectivity index (χ2v) is 4.92. The van der Waals surface area contributed by atoms with Gasteiger partial charge in [-0.2, -0.15) is 4.98 Å². The maximum Gasteiger partial charge on any atom is 0.316 e. The minimum Gasteiger partial charge on any atom is -0.467 e. The molecule has 3 rings (SSSR count). The SMILES string of the molecule is COc1ncc2[nH]cc(C3(CN)CCOCC3)c2n1. The van der Waals surface area contributed by atoms with Crippen molar-refractivity contribution in [1.29, 1.82) is 0 Å². The Balaban J connectivity index is 2.12. The van der Waals surface area contributed by atoms with Gasteiger partial charge in [0, 0.05) is 36.9 Å². The Kier molecular flexibility index (Phi) is 3.12. The number of nitrogens with two attached hydrogens (primary N) is 1. The first-order valence-corrected chi connectivity index (χ1v) is 6.45. The summed E-state index contributed by atoms with van der Waals surface area (Å²) in [6.07, 6.45) is 5.58. The molecule has 0 amide bonds. The van der Waals surface area contributed by atoms with Gasteiger partial charge in [-0.3, -0.25) is 0 Å². The van der Waals surface area contributed by atoms with Crippen LogP contribution in [0, 0.1) is 0 Å². The first-order chi connectivity index (χ1) is 9.29. The number of H-pyrrole nitrogens is 1. The van der Waals surface area contributed by atoms with Gasteiger partial charge >= 0.3 is 6.01 Å². The minimum absolute atomic E-state index is 0.0597. The van der Waals surface area contributed by atoms with E-state index in [1.165, 1.54) is 0 Å². The second kappa shape index (κ2) is 4.79. The van der Waals surface area contributed by atoms with Gasteiger partial charge in [-0.25, -0.2) is 4.98 Å². The summed E-state index contributed by atoms with van der Waals surface area (Å²) in [5.41, 5.74) is 8.95. The number of fused-ring (bicyclic) bond motifs is 1. The topological polar surface area (TPSA) is 86.0 Å². The van der Waals surface area contributed by atoms with Crippen LogP contribution in [-0.2, 0) is 10.2 Å². The molecule has 0 saturated carbocycles. The molecule has 102 valence electrons. The zero-order chi connectivity index (χ0) is 13.3. The third-order valence-corrected chi connectivity index (χ3v) is 3.99. The fourth-order valence-corrected chi connectivity index (χ4v) is 2.74. The van der Waals surface area contributed by atoms with Crippen molar-refractivity contribution in [2.45, 2.75) is 18.3 Å². The van der Waals surface area contributed by atoms with Crippen molar-refractivity contribution >= 4 is 11.0 Å². The lowest BCUT2D eigenvalue weighted by molar-refractivity contribution is 0.0534. The second-order valence-electron chi connectivity index (χ2n) is 4.92. The van der Waals surface area contributed by atoms with E-state index in [1.54, 1.807) is 13.3 Å². The van der Waals surface area contributed by atoms with E-state index >= 15 is 0 Å². The third-order valence-electron chi connectivity index (χ3n) is 3.99. The van der Waals surface area contributed by atoms with Gasteiger partial charge in [0.15, 0.2) is 0 Å². The minimum atomic E-state index is -0.0597. The molecule has 3 heterocycles. The monoisotopic (exact) mass is 262 g/mol. The molecule has 0 aromatic carbocycles. The van der Waals surface area contributed by atoms with Gasteiger partial charge in [0.2, 0.25) is 0 Å². The summed E-state index contributed by atoms with van der Waals surface area (Å²) in [4.78, 5) is 11.8. The average Bonchev–Trinajstić information content (AvgIpc) is 2.91. The Labute approximate surface area is 111 Å². The molecule has 0 aliphatic carbocycles. The molecule has 1 aliphatic rings. The molecule has 19 heavy (non-hydrogen) atoms. The Bertz CT molecular complexity index is 575. The van der Waals surface area contributed by atoms with E-state index in [4.69, 9.17) is 15.2 Å². The van der Waals surface area contributed by atoms with Gasteiger partial charge in [-0.15, -0.1) is 0 Å². The number of nitrogens with zero attached hydrogens (tertiary/aromatic N) is 2. The van der Waals surface area contributed by atoms with Crippen LogP contribution in [0.3, 0.4) is 0 Å². The number of hydrogen-bond donors (Lipinski definition) is 2. The average molecular weight is 262 g/mol. The van der Waals surface area contributed by atoms with Crippen molar-refractivity contribution < 1.29 is 9.47 Å². The number of rotatable bonds is 3. The summed E-state index contributed by atoms with van der Waals surface area (Å²) in [5, 5.41) is 0. The number of aromatic nitrogens is 3. The highest BCUT2D eigenvalue weighted by molar-refractivity contribution is 5.79. The number of aromatic amines is 1. The Morgan fingerprint density at radius 1 is 1.47 bits per heavy atom. The van der Waals surface area contributed by atoms with Crippen molar-refractivity contribution in [3.05, 3.63) is 18.0 Å². The van der Waals surface area contributed by atoms with Gasteiger partial charge < -0.3 is 20.2 Å². The molecule has 1 fully saturated rings. The summed E-state index contributed by atoms with van der Waals surface area (Å²) in [6, 6.07) is 0.382. The molecular formula is C13H18N4O2. The molecule has 0 atom stereocenters. The fraction of sp³-hybridized carbons (Fsp3) is 0.538. The van der Waals surface area contributed by atoms with Crippen LogP contribution in [-0.4, -0.2) is 41.8 Å². The maximum absolute atomic E-state index is 6.05. The highest BCUT2D eigenvalue weighted by Crippen LogP contribution is 2.37. The molecule has 6 nitrogen and oxygen atoms in total. The zero-order valence-corrected chi connectivity index (χ0v) is 11.0. The highest BCUT2D eigenvalue weighted by atomic mass is 16.5. The molecule has 0 spiro atoms. The first-order valence-electron chi connectivity index (χ1n) is 6.45. The van der Waals surface area contributed by atoms with Crippen LogP contribution in [0.1, 0.15) is 18.4 Å². The van der Waals surface area contributed by atoms with Crippen molar-refractivity contribution in [3.8, 4) is 6.01 Å².